The van der Waals surface area contributed by atoms with Gasteiger partial charge in [0.15, 0.2) is 0 Å². The van der Waals surface area contributed by atoms with E-state index in [-0.39, 0.29) is 6.54 Å². The normalized spacial score (nSPS) is 19.7. The molecule has 1 aromatic carbocycles. The van der Waals surface area contributed by atoms with E-state index in [0.717, 1.165) is 24.8 Å². The molecule has 0 spiro atoms. The predicted octanol–water partition coefficient (Wildman–Crippen LogP) is 3.75. The number of halogens is 2. The molecule has 0 aromatic heterocycles. The van der Waals surface area contributed by atoms with Gasteiger partial charge in [0.05, 0.1) is 24.8 Å². The summed E-state index contributed by atoms with van der Waals surface area (Å²) >= 11 is 0. The quantitative estimate of drug-likeness (QED) is 0.363. The second-order valence-corrected chi connectivity index (χ2v) is 7.36. The van der Waals surface area contributed by atoms with Crippen molar-refractivity contribution in [1.29, 1.82) is 0 Å². The number of aliphatic hydroxyl groups excluding tert-OH is 1. The van der Waals surface area contributed by atoms with Gasteiger partial charge in [-0.05, 0) is 30.5 Å². The number of carbonyl (C=O) groups excluding carboxylic acids is 2. The molecule has 7 heteroatoms. The highest BCUT2D eigenvalue weighted by molar-refractivity contribution is 5.89. The number of alkyl halides is 2. The van der Waals surface area contributed by atoms with Crippen LogP contribution >= 0.6 is 0 Å². The first-order valence-electron chi connectivity index (χ1n) is 10.0. The van der Waals surface area contributed by atoms with E-state index < -0.39 is 36.4 Å². The van der Waals surface area contributed by atoms with Crippen molar-refractivity contribution in [2.24, 2.45) is 0 Å². The van der Waals surface area contributed by atoms with Crippen LogP contribution in [-0.2, 0) is 16.0 Å². The van der Waals surface area contributed by atoms with Crippen LogP contribution in [0.15, 0.2) is 36.4 Å². The number of carbonyl (C=O) groups is 2. The van der Waals surface area contributed by atoms with Crippen molar-refractivity contribution in [3.63, 3.8) is 0 Å². The zero-order valence-corrected chi connectivity index (χ0v) is 16.9. The van der Waals surface area contributed by atoms with Crippen LogP contribution < -0.4 is 0 Å². The molecule has 1 fully saturated rings. The Morgan fingerprint density at radius 3 is 2.66 bits per heavy atom. The summed E-state index contributed by atoms with van der Waals surface area (Å²) < 4.78 is 32.6. The van der Waals surface area contributed by atoms with Gasteiger partial charge >= 0.3 is 11.9 Å². The maximum Gasteiger partial charge on any atom is 0.337 e. The molecule has 0 aliphatic carbocycles. The van der Waals surface area contributed by atoms with E-state index in [1.807, 2.05) is 0 Å². The van der Waals surface area contributed by atoms with Crippen LogP contribution in [0.2, 0.25) is 0 Å². The SMILES string of the molecule is CCCCCC(O)/C=C/C1CC(F)(F)C(=O)N1CCc1ccc(C(=O)OC)cc1. The molecular formula is C22H29F2NO4. The molecule has 1 aromatic rings. The molecule has 1 amide bonds. The molecule has 29 heavy (non-hydrogen) atoms. The topological polar surface area (TPSA) is 66.8 Å². The van der Waals surface area contributed by atoms with Crippen LogP contribution in [0.25, 0.3) is 0 Å². The summed E-state index contributed by atoms with van der Waals surface area (Å²) in [5, 5.41) is 10.0. The Hall–Kier alpha value is -2.28. The van der Waals surface area contributed by atoms with Gasteiger partial charge in [0.2, 0.25) is 0 Å². The molecule has 1 aliphatic rings. The predicted molar refractivity (Wildman–Crippen MR) is 106 cm³/mol. The van der Waals surface area contributed by atoms with Gasteiger partial charge in [-0.3, -0.25) is 4.79 Å². The van der Waals surface area contributed by atoms with Gasteiger partial charge in [-0.25, -0.2) is 4.79 Å². The molecule has 5 nitrogen and oxygen atoms in total. The molecule has 0 saturated carbocycles. The average Bonchev–Trinajstić information content (AvgIpc) is 2.93. The number of aliphatic hydroxyl groups is 1. The van der Waals surface area contributed by atoms with Crippen LogP contribution in [0.3, 0.4) is 0 Å². The van der Waals surface area contributed by atoms with Crippen LogP contribution in [-0.4, -0.2) is 53.6 Å². The number of methoxy groups -OCH3 is 1. The van der Waals surface area contributed by atoms with Gasteiger partial charge in [-0.1, -0.05) is 50.5 Å². The maximum atomic E-state index is 14.0. The number of nitrogens with zero attached hydrogens (tertiary/aromatic N) is 1. The Labute approximate surface area is 170 Å². The third kappa shape index (κ3) is 6.35. The van der Waals surface area contributed by atoms with Gasteiger partial charge in [0, 0.05) is 13.0 Å². The number of rotatable bonds is 10. The summed E-state index contributed by atoms with van der Waals surface area (Å²) in [6.07, 6.45) is 5.64. The van der Waals surface area contributed by atoms with Crippen LogP contribution in [0.1, 0.15) is 54.9 Å². The monoisotopic (exact) mass is 409 g/mol. The lowest BCUT2D eigenvalue weighted by molar-refractivity contribution is -0.148. The standard InChI is InChI=1S/C22H29F2NO4/c1-3-4-5-6-19(26)12-11-18-15-22(23,24)21(28)25(18)14-13-16-7-9-17(10-8-16)20(27)29-2/h7-12,18-19,26H,3-6,13-15H2,1-2H3/b12-11+. The molecule has 1 N–H and O–H groups in total. The first-order chi connectivity index (χ1) is 13.8. The number of unbranched alkanes of at least 4 members (excludes halogenated alkanes) is 2. The number of amides is 1. The van der Waals surface area contributed by atoms with E-state index in [0.29, 0.717) is 18.4 Å². The van der Waals surface area contributed by atoms with Crippen molar-refractivity contribution in [2.45, 2.75) is 63.5 Å². The number of hydrogen-bond donors (Lipinski definition) is 1. The van der Waals surface area contributed by atoms with Crippen LogP contribution in [0.5, 0.6) is 0 Å². The summed E-state index contributed by atoms with van der Waals surface area (Å²) in [6.45, 7) is 2.20. The maximum absolute atomic E-state index is 14.0. The summed E-state index contributed by atoms with van der Waals surface area (Å²) in [7, 11) is 1.30. The van der Waals surface area contributed by atoms with Crippen molar-refractivity contribution in [3.05, 3.63) is 47.5 Å². The summed E-state index contributed by atoms with van der Waals surface area (Å²) in [6, 6.07) is 5.89. The van der Waals surface area contributed by atoms with E-state index in [1.165, 1.54) is 24.2 Å². The lowest BCUT2D eigenvalue weighted by Crippen LogP contribution is -2.37. The van der Waals surface area contributed by atoms with Gasteiger partial charge in [0.1, 0.15) is 0 Å². The minimum atomic E-state index is -3.39. The Balaban J connectivity index is 1.99. The Bertz CT molecular complexity index is 718. The van der Waals surface area contributed by atoms with E-state index >= 15 is 0 Å². The lowest BCUT2D eigenvalue weighted by atomic mass is 10.1. The number of benzene rings is 1. The highest BCUT2D eigenvalue weighted by Crippen LogP contribution is 2.34. The van der Waals surface area contributed by atoms with Crippen molar-refractivity contribution >= 4 is 11.9 Å². The number of hydrogen-bond acceptors (Lipinski definition) is 4. The lowest BCUT2D eigenvalue weighted by Gasteiger charge is -2.22. The van der Waals surface area contributed by atoms with Gasteiger partial charge in [-0.15, -0.1) is 0 Å². The third-order valence-electron chi connectivity index (χ3n) is 5.11. The van der Waals surface area contributed by atoms with Gasteiger partial charge < -0.3 is 14.7 Å². The van der Waals surface area contributed by atoms with E-state index in [4.69, 9.17) is 0 Å². The molecule has 0 radical (unpaired) electrons. The van der Waals surface area contributed by atoms with E-state index in [2.05, 4.69) is 11.7 Å². The fraction of sp³-hybridized carbons (Fsp3) is 0.545. The molecule has 2 unspecified atom stereocenters. The van der Waals surface area contributed by atoms with Crippen molar-refractivity contribution in [1.82, 2.24) is 4.90 Å². The minimum Gasteiger partial charge on any atom is -0.465 e. The fourth-order valence-corrected chi connectivity index (χ4v) is 3.39. The summed E-state index contributed by atoms with van der Waals surface area (Å²) in [5.74, 6) is -5.02. The Kier molecular flexibility index (Phi) is 8.32. The van der Waals surface area contributed by atoms with E-state index in [9.17, 15) is 23.5 Å². The number of esters is 1. The van der Waals surface area contributed by atoms with Crippen LogP contribution in [0.4, 0.5) is 8.78 Å². The van der Waals surface area contributed by atoms with Crippen LogP contribution in [0, 0.1) is 0 Å². The van der Waals surface area contributed by atoms with Crippen molar-refractivity contribution in [3.8, 4) is 0 Å². The van der Waals surface area contributed by atoms with E-state index in [1.54, 1.807) is 24.3 Å². The molecule has 1 saturated heterocycles. The number of likely N-dealkylation sites (tertiary alicyclic amines) is 1. The highest BCUT2D eigenvalue weighted by atomic mass is 19.3. The average molecular weight is 409 g/mol. The van der Waals surface area contributed by atoms with Crippen molar-refractivity contribution in [2.75, 3.05) is 13.7 Å². The smallest absolute Gasteiger partial charge is 0.337 e. The summed E-state index contributed by atoms with van der Waals surface area (Å²) in [4.78, 5) is 24.8. The van der Waals surface area contributed by atoms with Gasteiger partial charge in [-0.2, -0.15) is 8.78 Å². The molecule has 1 heterocycles. The molecule has 2 rings (SSSR count). The first kappa shape index (κ1) is 23.0. The van der Waals surface area contributed by atoms with Gasteiger partial charge in [0.25, 0.3) is 5.91 Å². The first-order valence-corrected chi connectivity index (χ1v) is 10.0. The molecular weight excluding hydrogens is 380 g/mol. The van der Waals surface area contributed by atoms with Crippen molar-refractivity contribution < 1.29 is 28.2 Å². The Morgan fingerprint density at radius 2 is 2.03 bits per heavy atom. The molecule has 1 aliphatic heterocycles. The molecule has 160 valence electrons. The Morgan fingerprint density at radius 1 is 1.34 bits per heavy atom. The third-order valence-corrected chi connectivity index (χ3v) is 5.11. The zero-order chi connectivity index (χ0) is 21.4. The molecule has 2 atom stereocenters. The second-order valence-electron chi connectivity index (χ2n) is 7.36. The largest absolute Gasteiger partial charge is 0.465 e. The summed E-state index contributed by atoms with van der Waals surface area (Å²) in [5.41, 5.74) is 1.22. The zero-order valence-electron chi connectivity index (χ0n) is 16.9. The second kappa shape index (κ2) is 10.5. The molecule has 0 bridgehead atoms. The highest BCUT2D eigenvalue weighted by Gasteiger charge is 2.52. The number of ether oxygens (including phenoxy) is 1. The minimum absolute atomic E-state index is 0.132. The fourth-order valence-electron chi connectivity index (χ4n) is 3.39.